The number of hydrogen-bond acceptors (Lipinski definition) is 5. The number of amides is 1. The molecule has 1 saturated heterocycles. The molecule has 2 heterocycles. The van der Waals surface area contributed by atoms with Crippen LogP contribution in [-0.2, 0) is 4.79 Å². The van der Waals surface area contributed by atoms with E-state index >= 15 is 0 Å². The molecule has 0 saturated carbocycles. The van der Waals surface area contributed by atoms with Crippen molar-refractivity contribution in [2.45, 2.75) is 12.8 Å². The van der Waals surface area contributed by atoms with Gasteiger partial charge >= 0.3 is 0 Å². The number of nitro groups is 1. The van der Waals surface area contributed by atoms with Crippen molar-refractivity contribution in [1.29, 1.82) is 0 Å². The third-order valence-corrected chi connectivity index (χ3v) is 5.54. The van der Waals surface area contributed by atoms with Gasteiger partial charge in [0.2, 0.25) is 5.91 Å². The summed E-state index contributed by atoms with van der Waals surface area (Å²) in [6, 6.07) is 12.4. The number of pyridine rings is 1. The minimum atomic E-state index is -0.527. The first-order chi connectivity index (χ1) is 14.4. The zero-order valence-corrected chi connectivity index (χ0v) is 16.6. The summed E-state index contributed by atoms with van der Waals surface area (Å²) in [5, 5.41) is 14.4. The van der Waals surface area contributed by atoms with Crippen LogP contribution in [0.1, 0.15) is 12.8 Å². The van der Waals surface area contributed by atoms with Gasteiger partial charge in [-0.1, -0.05) is 11.6 Å². The number of anilines is 2. The maximum absolute atomic E-state index is 13.3. The fourth-order valence-corrected chi connectivity index (χ4v) is 3.76. The molecule has 0 radical (unpaired) electrons. The number of piperidine rings is 1. The quantitative estimate of drug-likeness (QED) is 0.476. The minimum absolute atomic E-state index is 0.0321. The van der Waals surface area contributed by atoms with E-state index in [1.54, 1.807) is 6.07 Å². The first-order valence-corrected chi connectivity index (χ1v) is 9.84. The summed E-state index contributed by atoms with van der Waals surface area (Å²) in [7, 11) is 0. The van der Waals surface area contributed by atoms with Crippen LogP contribution in [-0.4, -0.2) is 28.9 Å². The Kier molecular flexibility index (Phi) is 5.50. The molecule has 0 bridgehead atoms. The van der Waals surface area contributed by atoms with Crippen molar-refractivity contribution >= 4 is 45.6 Å². The highest BCUT2D eigenvalue weighted by Gasteiger charge is 2.26. The van der Waals surface area contributed by atoms with Crippen LogP contribution < -0.4 is 10.2 Å². The number of non-ortho nitro benzene ring substituents is 1. The average Bonchev–Trinajstić information content (AvgIpc) is 2.75. The molecule has 1 amide bonds. The predicted octanol–water partition coefficient (Wildman–Crippen LogP) is 4.79. The molecule has 0 spiro atoms. The predicted molar refractivity (Wildman–Crippen MR) is 113 cm³/mol. The minimum Gasteiger partial charge on any atom is -0.357 e. The second kappa shape index (κ2) is 8.23. The lowest BCUT2D eigenvalue weighted by molar-refractivity contribution is -0.384. The van der Waals surface area contributed by atoms with Crippen molar-refractivity contribution in [2.75, 3.05) is 23.3 Å². The van der Waals surface area contributed by atoms with Gasteiger partial charge in [0.05, 0.1) is 15.5 Å². The van der Waals surface area contributed by atoms with Gasteiger partial charge in [-0.3, -0.25) is 14.9 Å². The summed E-state index contributed by atoms with van der Waals surface area (Å²) in [6.45, 7) is 1.32. The smallest absolute Gasteiger partial charge is 0.270 e. The van der Waals surface area contributed by atoms with Crippen molar-refractivity contribution < 1.29 is 14.1 Å². The number of halogens is 2. The number of benzene rings is 2. The number of aromatic nitrogens is 1. The molecule has 1 aliphatic heterocycles. The lowest BCUT2D eigenvalue weighted by atomic mass is 9.95. The summed E-state index contributed by atoms with van der Waals surface area (Å²) in [5.41, 5.74) is 1.19. The van der Waals surface area contributed by atoms with Crippen molar-refractivity contribution in [3.63, 3.8) is 0 Å². The molecule has 1 fully saturated rings. The molecule has 7 nitrogen and oxygen atoms in total. The molecule has 3 aromatic rings. The Balaban J connectivity index is 1.40. The topological polar surface area (TPSA) is 88.4 Å². The average molecular weight is 429 g/mol. The molecule has 0 unspecified atom stereocenters. The Bertz CT molecular complexity index is 1130. The van der Waals surface area contributed by atoms with Crippen molar-refractivity contribution in [3.05, 3.63) is 69.5 Å². The lowest BCUT2D eigenvalue weighted by Crippen LogP contribution is -2.38. The highest BCUT2D eigenvalue weighted by Crippen LogP contribution is 2.27. The SMILES string of the molecule is O=C(Nc1ccc(F)c(Cl)c1)C1CCN(c2ccc3cc([N+](=O)[O-])ccc3n2)CC1. The number of carbonyl (C=O) groups is 1. The summed E-state index contributed by atoms with van der Waals surface area (Å²) >= 11 is 5.76. The molecule has 4 rings (SSSR count). The number of rotatable bonds is 4. The number of nitro benzene ring substituents is 1. The van der Waals surface area contributed by atoms with E-state index in [9.17, 15) is 19.3 Å². The van der Waals surface area contributed by atoms with E-state index in [1.165, 1.54) is 30.3 Å². The number of hydrogen-bond donors (Lipinski definition) is 1. The molecule has 1 aliphatic rings. The van der Waals surface area contributed by atoms with Gasteiger partial charge in [-0.15, -0.1) is 0 Å². The number of fused-ring (bicyclic) bond motifs is 1. The van der Waals surface area contributed by atoms with Crippen LogP contribution in [0, 0.1) is 21.8 Å². The Labute approximate surface area is 176 Å². The van der Waals surface area contributed by atoms with Crippen LogP contribution in [0.5, 0.6) is 0 Å². The van der Waals surface area contributed by atoms with E-state index in [-0.39, 0.29) is 22.5 Å². The summed E-state index contributed by atoms with van der Waals surface area (Å²) in [4.78, 5) is 29.7. The van der Waals surface area contributed by atoms with E-state index in [4.69, 9.17) is 11.6 Å². The normalized spacial score (nSPS) is 14.7. The zero-order valence-electron chi connectivity index (χ0n) is 15.8. The molecule has 0 aliphatic carbocycles. The Morgan fingerprint density at radius 1 is 1.17 bits per heavy atom. The number of nitrogens with one attached hydrogen (secondary N) is 1. The van der Waals surface area contributed by atoms with Crippen LogP contribution in [0.15, 0.2) is 48.5 Å². The lowest BCUT2D eigenvalue weighted by Gasteiger charge is -2.32. The van der Waals surface area contributed by atoms with Crippen LogP contribution in [0.25, 0.3) is 10.9 Å². The largest absolute Gasteiger partial charge is 0.357 e. The van der Waals surface area contributed by atoms with E-state index in [2.05, 4.69) is 15.2 Å². The number of nitrogens with zero attached hydrogens (tertiary/aromatic N) is 3. The number of carbonyl (C=O) groups excluding carboxylic acids is 1. The Morgan fingerprint density at radius 3 is 2.63 bits per heavy atom. The van der Waals surface area contributed by atoms with E-state index in [0.717, 1.165) is 5.82 Å². The first-order valence-electron chi connectivity index (χ1n) is 9.47. The monoisotopic (exact) mass is 428 g/mol. The third-order valence-electron chi connectivity index (χ3n) is 5.25. The van der Waals surface area contributed by atoms with Gasteiger partial charge < -0.3 is 10.2 Å². The summed E-state index contributed by atoms with van der Waals surface area (Å²) in [5.74, 6) is -0.0229. The highest BCUT2D eigenvalue weighted by atomic mass is 35.5. The van der Waals surface area contributed by atoms with E-state index < -0.39 is 10.7 Å². The van der Waals surface area contributed by atoms with E-state index in [0.29, 0.717) is 42.5 Å². The zero-order chi connectivity index (χ0) is 21.3. The molecular weight excluding hydrogens is 411 g/mol. The maximum Gasteiger partial charge on any atom is 0.270 e. The van der Waals surface area contributed by atoms with E-state index in [1.807, 2.05) is 12.1 Å². The van der Waals surface area contributed by atoms with Crippen molar-refractivity contribution in [1.82, 2.24) is 4.98 Å². The third kappa shape index (κ3) is 4.18. The van der Waals surface area contributed by atoms with Crippen LogP contribution in [0.2, 0.25) is 5.02 Å². The molecular formula is C21H18ClFN4O3. The first kappa shape index (κ1) is 20.0. The fraction of sp³-hybridized carbons (Fsp3) is 0.238. The van der Waals surface area contributed by atoms with Gasteiger partial charge in [0, 0.05) is 42.2 Å². The summed E-state index contributed by atoms with van der Waals surface area (Å²) < 4.78 is 13.3. The highest BCUT2D eigenvalue weighted by molar-refractivity contribution is 6.31. The molecule has 9 heteroatoms. The van der Waals surface area contributed by atoms with Crippen molar-refractivity contribution in [3.8, 4) is 0 Å². The van der Waals surface area contributed by atoms with Gasteiger partial charge in [0.15, 0.2) is 0 Å². The van der Waals surface area contributed by atoms with Crippen LogP contribution >= 0.6 is 11.6 Å². The second-order valence-electron chi connectivity index (χ2n) is 7.18. The van der Waals surface area contributed by atoms with Gasteiger partial charge in [0.1, 0.15) is 11.6 Å². The second-order valence-corrected chi connectivity index (χ2v) is 7.59. The maximum atomic E-state index is 13.3. The van der Waals surface area contributed by atoms with Gasteiger partial charge in [-0.05, 0) is 49.2 Å². The molecule has 30 heavy (non-hydrogen) atoms. The van der Waals surface area contributed by atoms with Crippen LogP contribution in [0.3, 0.4) is 0 Å². The molecule has 0 atom stereocenters. The Hall–Kier alpha value is -3.26. The molecule has 2 aromatic carbocycles. The molecule has 1 N–H and O–H groups in total. The standard InChI is InChI=1S/C21H18ClFN4O3/c22-17-12-15(2-4-18(17)23)24-21(28)13-7-9-26(10-8-13)20-6-1-14-11-16(27(29)30)3-5-19(14)25-20/h1-6,11-13H,7-10H2,(H,24,28). The van der Waals surface area contributed by atoms with Gasteiger partial charge in [0.25, 0.3) is 5.69 Å². The van der Waals surface area contributed by atoms with Crippen LogP contribution in [0.4, 0.5) is 21.6 Å². The Morgan fingerprint density at radius 2 is 1.93 bits per heavy atom. The molecule has 154 valence electrons. The van der Waals surface area contributed by atoms with Gasteiger partial charge in [-0.2, -0.15) is 0 Å². The van der Waals surface area contributed by atoms with Crippen molar-refractivity contribution in [2.24, 2.45) is 5.92 Å². The van der Waals surface area contributed by atoms with Gasteiger partial charge in [-0.25, -0.2) is 9.37 Å². The fourth-order valence-electron chi connectivity index (χ4n) is 3.58. The summed E-state index contributed by atoms with van der Waals surface area (Å²) in [6.07, 6.45) is 1.31. The molecule has 1 aromatic heterocycles.